The first kappa shape index (κ1) is 13.1. The second-order valence-electron chi connectivity index (χ2n) is 5.42. The Hall–Kier alpha value is -1.94. The van der Waals surface area contributed by atoms with E-state index in [2.05, 4.69) is 33.7 Å². The number of aromatic nitrogens is 2. The third-order valence-electron chi connectivity index (χ3n) is 3.81. The maximum Gasteiger partial charge on any atom is 0.148 e. The summed E-state index contributed by atoms with van der Waals surface area (Å²) in [4.78, 5) is 0. The van der Waals surface area contributed by atoms with Gasteiger partial charge in [0.2, 0.25) is 0 Å². The summed E-state index contributed by atoms with van der Waals surface area (Å²) in [5.74, 6) is 0.771. The zero-order chi connectivity index (χ0) is 13.9. The van der Waals surface area contributed by atoms with Crippen LogP contribution in [0.2, 0.25) is 0 Å². The molecule has 3 N–H and O–H groups in total. The molecule has 4 heteroatoms. The highest BCUT2D eigenvalue weighted by Gasteiger charge is 2.12. The van der Waals surface area contributed by atoms with Gasteiger partial charge in [-0.2, -0.15) is 0 Å². The first-order chi connectivity index (χ1) is 9.76. The number of fused-ring (bicyclic) bond motifs is 1. The van der Waals surface area contributed by atoms with Crippen molar-refractivity contribution in [2.45, 2.75) is 32.2 Å². The Balaban J connectivity index is 1.80. The number of hydrogen-bond donors (Lipinski definition) is 2. The van der Waals surface area contributed by atoms with Gasteiger partial charge >= 0.3 is 0 Å². The van der Waals surface area contributed by atoms with Crippen molar-refractivity contribution >= 4 is 5.82 Å². The van der Waals surface area contributed by atoms with Crippen molar-refractivity contribution in [2.75, 3.05) is 11.9 Å². The average Bonchev–Trinajstić information content (AvgIpc) is 2.95. The Kier molecular flexibility index (Phi) is 3.65. The van der Waals surface area contributed by atoms with Gasteiger partial charge in [-0.25, -0.2) is 0 Å². The van der Waals surface area contributed by atoms with Gasteiger partial charge in [0.1, 0.15) is 5.82 Å². The molecule has 104 valence electrons. The van der Waals surface area contributed by atoms with Crippen LogP contribution in [0.15, 0.2) is 30.3 Å². The van der Waals surface area contributed by atoms with E-state index in [0.717, 1.165) is 17.1 Å². The van der Waals surface area contributed by atoms with Crippen LogP contribution in [0, 0.1) is 0 Å². The molecule has 0 saturated carbocycles. The van der Waals surface area contributed by atoms with Crippen LogP contribution in [0.4, 0.5) is 5.82 Å². The summed E-state index contributed by atoms with van der Waals surface area (Å²) in [6.45, 7) is 2.60. The van der Waals surface area contributed by atoms with Crippen molar-refractivity contribution in [3.05, 3.63) is 41.5 Å². The Morgan fingerprint density at radius 3 is 2.75 bits per heavy atom. The molecule has 0 bridgehead atoms. The van der Waals surface area contributed by atoms with Gasteiger partial charge < -0.3 is 11.1 Å². The molecule has 20 heavy (non-hydrogen) atoms. The van der Waals surface area contributed by atoms with Crippen LogP contribution < -0.4 is 11.1 Å². The van der Waals surface area contributed by atoms with Gasteiger partial charge in [0, 0.05) is 18.2 Å². The largest absolute Gasteiger partial charge is 0.365 e. The van der Waals surface area contributed by atoms with E-state index in [1.165, 1.54) is 30.4 Å². The van der Waals surface area contributed by atoms with Crippen LogP contribution in [0.25, 0.3) is 11.3 Å². The van der Waals surface area contributed by atoms with Crippen LogP contribution in [-0.4, -0.2) is 22.8 Å². The first-order valence-corrected chi connectivity index (χ1v) is 7.19. The van der Waals surface area contributed by atoms with Crippen molar-refractivity contribution in [2.24, 2.45) is 5.73 Å². The van der Waals surface area contributed by atoms with E-state index in [1.807, 2.05) is 19.1 Å². The molecule has 0 saturated heterocycles. The normalized spacial score (nSPS) is 14.9. The smallest absolute Gasteiger partial charge is 0.148 e. The molecule has 1 atom stereocenters. The van der Waals surface area contributed by atoms with Gasteiger partial charge in [-0.1, -0.05) is 12.1 Å². The molecule has 1 aliphatic rings. The van der Waals surface area contributed by atoms with Gasteiger partial charge in [0.05, 0.1) is 5.69 Å². The van der Waals surface area contributed by atoms with Crippen LogP contribution in [0.3, 0.4) is 0 Å². The lowest BCUT2D eigenvalue weighted by atomic mass is 10.0. The zero-order valence-electron chi connectivity index (χ0n) is 11.8. The lowest BCUT2D eigenvalue weighted by Gasteiger charge is -2.11. The molecule has 1 heterocycles. The van der Waals surface area contributed by atoms with Crippen LogP contribution >= 0.6 is 0 Å². The number of nitrogens with one attached hydrogen (secondary N) is 1. The molecule has 0 aliphatic heterocycles. The zero-order valence-corrected chi connectivity index (χ0v) is 11.8. The molecule has 3 rings (SSSR count). The summed E-state index contributed by atoms with van der Waals surface area (Å²) < 4.78 is 0. The summed E-state index contributed by atoms with van der Waals surface area (Å²) >= 11 is 0. The van der Waals surface area contributed by atoms with Crippen LogP contribution in [0.1, 0.15) is 24.5 Å². The average molecular weight is 268 g/mol. The number of hydrogen-bond acceptors (Lipinski definition) is 4. The highest BCUT2D eigenvalue weighted by molar-refractivity contribution is 5.62. The lowest BCUT2D eigenvalue weighted by molar-refractivity contribution is 0.792. The third kappa shape index (κ3) is 2.65. The molecule has 0 amide bonds. The maximum atomic E-state index is 5.58. The van der Waals surface area contributed by atoms with E-state index in [-0.39, 0.29) is 6.04 Å². The number of nitrogens with two attached hydrogens (primary N) is 1. The van der Waals surface area contributed by atoms with E-state index >= 15 is 0 Å². The SMILES string of the molecule is CC(CN)Nc1ccc(-c2ccc3c(c2)CCC3)nn1. The molecule has 0 fully saturated rings. The number of anilines is 1. The molecular weight excluding hydrogens is 248 g/mol. The quantitative estimate of drug-likeness (QED) is 0.893. The number of benzene rings is 1. The van der Waals surface area contributed by atoms with Crippen molar-refractivity contribution in [1.29, 1.82) is 0 Å². The first-order valence-electron chi connectivity index (χ1n) is 7.19. The molecule has 2 aromatic rings. The summed E-state index contributed by atoms with van der Waals surface area (Å²) in [7, 11) is 0. The van der Waals surface area contributed by atoms with Crippen molar-refractivity contribution in [3.8, 4) is 11.3 Å². The summed E-state index contributed by atoms with van der Waals surface area (Å²) in [5.41, 5.74) is 10.6. The van der Waals surface area contributed by atoms with Gasteiger partial charge in [0.25, 0.3) is 0 Å². The van der Waals surface area contributed by atoms with E-state index in [1.54, 1.807) is 0 Å². The van der Waals surface area contributed by atoms with Crippen LogP contribution in [0.5, 0.6) is 0 Å². The topological polar surface area (TPSA) is 63.8 Å². The molecule has 0 spiro atoms. The summed E-state index contributed by atoms with van der Waals surface area (Å²) in [6.07, 6.45) is 3.66. The van der Waals surface area contributed by atoms with Gasteiger partial charge in [-0.3, -0.25) is 0 Å². The van der Waals surface area contributed by atoms with E-state index in [4.69, 9.17) is 5.73 Å². The second kappa shape index (κ2) is 5.59. The number of aryl methyl sites for hydroxylation is 2. The van der Waals surface area contributed by atoms with Gasteiger partial charge in [0.15, 0.2) is 0 Å². The van der Waals surface area contributed by atoms with E-state index in [9.17, 15) is 0 Å². The van der Waals surface area contributed by atoms with Gasteiger partial charge in [-0.15, -0.1) is 10.2 Å². The molecule has 1 aromatic heterocycles. The fourth-order valence-electron chi connectivity index (χ4n) is 2.61. The number of nitrogens with zero attached hydrogens (tertiary/aromatic N) is 2. The predicted molar refractivity (Wildman–Crippen MR) is 81.6 cm³/mol. The molecule has 1 unspecified atom stereocenters. The molecule has 1 aliphatic carbocycles. The molecular formula is C16H20N4. The van der Waals surface area contributed by atoms with Gasteiger partial charge in [-0.05, 0) is 55.5 Å². The maximum absolute atomic E-state index is 5.58. The highest BCUT2D eigenvalue weighted by Crippen LogP contribution is 2.27. The molecule has 1 aromatic carbocycles. The highest BCUT2D eigenvalue weighted by atomic mass is 15.2. The fourth-order valence-corrected chi connectivity index (χ4v) is 2.61. The van der Waals surface area contributed by atoms with Crippen molar-refractivity contribution in [3.63, 3.8) is 0 Å². The monoisotopic (exact) mass is 268 g/mol. The summed E-state index contributed by atoms with van der Waals surface area (Å²) in [5, 5.41) is 11.7. The van der Waals surface area contributed by atoms with Crippen LogP contribution in [-0.2, 0) is 12.8 Å². The predicted octanol–water partition coefficient (Wildman–Crippen LogP) is 2.39. The second-order valence-corrected chi connectivity index (χ2v) is 5.42. The molecule has 0 radical (unpaired) electrons. The third-order valence-corrected chi connectivity index (χ3v) is 3.81. The minimum atomic E-state index is 0.204. The van der Waals surface area contributed by atoms with Crippen molar-refractivity contribution < 1.29 is 0 Å². The lowest BCUT2D eigenvalue weighted by Crippen LogP contribution is -2.25. The molecule has 4 nitrogen and oxygen atoms in total. The van der Waals surface area contributed by atoms with E-state index < -0.39 is 0 Å². The van der Waals surface area contributed by atoms with Crippen molar-refractivity contribution in [1.82, 2.24) is 10.2 Å². The Morgan fingerprint density at radius 2 is 2.00 bits per heavy atom. The standard InChI is InChI=1S/C16H20N4/c1-11(10-17)18-16-8-7-15(19-20-16)14-6-5-12-3-2-4-13(12)9-14/h5-9,11H,2-4,10,17H2,1H3,(H,18,20). The Labute approximate surface area is 119 Å². The Bertz CT molecular complexity index is 592. The summed E-state index contributed by atoms with van der Waals surface area (Å²) in [6, 6.07) is 10.8. The minimum absolute atomic E-state index is 0.204. The fraction of sp³-hybridized carbons (Fsp3) is 0.375. The van der Waals surface area contributed by atoms with E-state index in [0.29, 0.717) is 6.54 Å². The minimum Gasteiger partial charge on any atom is -0.365 e. The Morgan fingerprint density at radius 1 is 1.15 bits per heavy atom. The number of rotatable bonds is 4.